The van der Waals surface area contributed by atoms with Gasteiger partial charge in [-0.1, -0.05) is 30.3 Å². The molecule has 6 heteroatoms. The van der Waals surface area contributed by atoms with Crippen LogP contribution in [0.1, 0.15) is 18.4 Å². The van der Waals surface area contributed by atoms with Crippen LogP contribution in [0.15, 0.2) is 78.9 Å². The molecule has 3 aromatic carbocycles. The molecule has 0 unspecified atom stereocenters. The van der Waals surface area contributed by atoms with Crippen molar-refractivity contribution in [1.29, 1.82) is 0 Å². The predicted molar refractivity (Wildman–Crippen MR) is 131 cm³/mol. The van der Waals surface area contributed by atoms with E-state index in [2.05, 4.69) is 28.1 Å². The van der Waals surface area contributed by atoms with Crippen molar-refractivity contribution in [3.63, 3.8) is 0 Å². The SMILES string of the molecule is Nc1ccc(CCNCCCCNCC(=O)Nc2ccc(Oc3ccccc3)cc2)cc1. The topological polar surface area (TPSA) is 88.4 Å². The number of hydrogen-bond donors (Lipinski definition) is 4. The summed E-state index contributed by atoms with van der Waals surface area (Å²) in [6, 6.07) is 25.0. The van der Waals surface area contributed by atoms with E-state index in [4.69, 9.17) is 10.5 Å². The third kappa shape index (κ3) is 8.79. The highest BCUT2D eigenvalue weighted by Gasteiger charge is 2.03. The van der Waals surface area contributed by atoms with E-state index in [0.717, 1.165) is 61.8 Å². The van der Waals surface area contributed by atoms with Gasteiger partial charge in [-0.25, -0.2) is 0 Å². The van der Waals surface area contributed by atoms with Crippen molar-refractivity contribution in [2.45, 2.75) is 19.3 Å². The quantitative estimate of drug-likeness (QED) is 0.240. The Morgan fingerprint density at radius 1 is 0.750 bits per heavy atom. The van der Waals surface area contributed by atoms with Gasteiger partial charge >= 0.3 is 0 Å². The summed E-state index contributed by atoms with van der Waals surface area (Å²) in [5, 5.41) is 9.54. The van der Waals surface area contributed by atoms with Crippen molar-refractivity contribution < 1.29 is 9.53 Å². The number of hydrogen-bond acceptors (Lipinski definition) is 5. The molecule has 3 rings (SSSR count). The molecule has 168 valence electrons. The van der Waals surface area contributed by atoms with Gasteiger partial charge in [0, 0.05) is 11.4 Å². The van der Waals surface area contributed by atoms with Crippen LogP contribution >= 0.6 is 0 Å². The van der Waals surface area contributed by atoms with Crippen molar-refractivity contribution in [1.82, 2.24) is 10.6 Å². The third-order valence-electron chi connectivity index (χ3n) is 4.93. The Balaban J connectivity index is 1.20. The lowest BCUT2D eigenvalue weighted by molar-refractivity contribution is -0.115. The van der Waals surface area contributed by atoms with E-state index >= 15 is 0 Å². The van der Waals surface area contributed by atoms with Crippen molar-refractivity contribution in [3.05, 3.63) is 84.4 Å². The molecule has 0 saturated heterocycles. The fourth-order valence-corrected chi connectivity index (χ4v) is 3.18. The van der Waals surface area contributed by atoms with Gasteiger partial charge in [0.05, 0.1) is 6.54 Å². The first kappa shape index (κ1) is 23.3. The Bertz CT molecular complexity index is 928. The number of para-hydroxylation sites is 1. The molecule has 0 aliphatic carbocycles. The molecule has 0 saturated carbocycles. The number of benzene rings is 3. The standard InChI is InChI=1S/C26H32N4O2/c27-22-10-8-21(9-11-22)16-19-28-17-4-5-18-29-20-26(31)30-23-12-14-25(15-13-23)32-24-6-2-1-3-7-24/h1-3,6-15,28-29H,4-5,16-20,27H2,(H,30,31). The summed E-state index contributed by atoms with van der Waals surface area (Å²) >= 11 is 0. The zero-order valence-electron chi connectivity index (χ0n) is 18.3. The fourth-order valence-electron chi connectivity index (χ4n) is 3.18. The fraction of sp³-hybridized carbons (Fsp3) is 0.269. The smallest absolute Gasteiger partial charge is 0.238 e. The second-order valence-electron chi connectivity index (χ2n) is 7.61. The minimum atomic E-state index is -0.0525. The highest BCUT2D eigenvalue weighted by molar-refractivity contribution is 5.92. The van der Waals surface area contributed by atoms with Gasteiger partial charge in [0.15, 0.2) is 0 Å². The molecule has 0 atom stereocenters. The van der Waals surface area contributed by atoms with Gasteiger partial charge in [-0.2, -0.15) is 0 Å². The van der Waals surface area contributed by atoms with E-state index < -0.39 is 0 Å². The van der Waals surface area contributed by atoms with E-state index in [-0.39, 0.29) is 5.91 Å². The monoisotopic (exact) mass is 432 g/mol. The van der Waals surface area contributed by atoms with Crippen LogP contribution in [0.5, 0.6) is 11.5 Å². The third-order valence-corrected chi connectivity index (χ3v) is 4.93. The summed E-state index contributed by atoms with van der Waals surface area (Å²) in [6.45, 7) is 3.04. The molecular weight excluding hydrogens is 400 g/mol. The number of nitrogens with two attached hydrogens (primary N) is 1. The van der Waals surface area contributed by atoms with Crippen LogP contribution in [0, 0.1) is 0 Å². The number of anilines is 2. The minimum Gasteiger partial charge on any atom is -0.457 e. The van der Waals surface area contributed by atoms with Crippen LogP contribution in [-0.4, -0.2) is 32.1 Å². The summed E-state index contributed by atoms with van der Waals surface area (Å²) in [4.78, 5) is 12.1. The molecule has 0 heterocycles. The van der Waals surface area contributed by atoms with E-state index in [1.165, 1.54) is 5.56 Å². The summed E-state index contributed by atoms with van der Waals surface area (Å²) < 4.78 is 5.76. The first-order chi connectivity index (χ1) is 15.7. The maximum absolute atomic E-state index is 12.1. The molecule has 0 aromatic heterocycles. The van der Waals surface area contributed by atoms with Crippen LogP contribution in [-0.2, 0) is 11.2 Å². The van der Waals surface area contributed by atoms with Crippen molar-refractivity contribution >= 4 is 17.3 Å². The molecule has 1 amide bonds. The van der Waals surface area contributed by atoms with Gasteiger partial charge < -0.3 is 26.4 Å². The van der Waals surface area contributed by atoms with Crippen LogP contribution in [0.25, 0.3) is 0 Å². The number of amides is 1. The Kier molecular flexibility index (Phi) is 9.58. The van der Waals surface area contributed by atoms with E-state index in [1.54, 1.807) is 0 Å². The van der Waals surface area contributed by atoms with Gasteiger partial charge in [0.1, 0.15) is 11.5 Å². The average molecular weight is 433 g/mol. The van der Waals surface area contributed by atoms with Crippen LogP contribution in [0.2, 0.25) is 0 Å². The van der Waals surface area contributed by atoms with E-state index in [9.17, 15) is 4.79 Å². The van der Waals surface area contributed by atoms with Crippen LogP contribution < -0.4 is 26.4 Å². The molecule has 0 aliphatic heterocycles. The Morgan fingerprint density at radius 3 is 2.12 bits per heavy atom. The molecule has 0 fully saturated rings. The Hall–Kier alpha value is -3.35. The van der Waals surface area contributed by atoms with Crippen molar-refractivity contribution in [2.24, 2.45) is 0 Å². The molecule has 0 radical (unpaired) electrons. The molecule has 32 heavy (non-hydrogen) atoms. The molecule has 0 aliphatic rings. The predicted octanol–water partition coefficient (Wildman–Crippen LogP) is 4.20. The normalized spacial score (nSPS) is 10.6. The van der Waals surface area contributed by atoms with Crippen LogP contribution in [0.3, 0.4) is 0 Å². The number of ether oxygens (including phenoxy) is 1. The summed E-state index contributed by atoms with van der Waals surface area (Å²) in [6.07, 6.45) is 3.09. The maximum Gasteiger partial charge on any atom is 0.238 e. The number of unbranched alkanes of at least 4 members (excludes halogenated alkanes) is 1. The highest BCUT2D eigenvalue weighted by Crippen LogP contribution is 2.22. The summed E-state index contributed by atoms with van der Waals surface area (Å²) in [7, 11) is 0. The number of carbonyl (C=O) groups excluding carboxylic acids is 1. The average Bonchev–Trinajstić information content (AvgIpc) is 2.81. The lowest BCUT2D eigenvalue weighted by Gasteiger charge is -2.09. The number of carbonyl (C=O) groups is 1. The van der Waals surface area contributed by atoms with Crippen molar-refractivity contribution in [2.75, 3.05) is 37.2 Å². The maximum atomic E-state index is 12.1. The van der Waals surface area contributed by atoms with E-state index in [1.807, 2.05) is 66.7 Å². The second kappa shape index (κ2) is 13.1. The zero-order valence-corrected chi connectivity index (χ0v) is 18.3. The van der Waals surface area contributed by atoms with Crippen molar-refractivity contribution in [3.8, 4) is 11.5 Å². The van der Waals surface area contributed by atoms with Gasteiger partial charge in [-0.15, -0.1) is 0 Å². The van der Waals surface area contributed by atoms with Crippen LogP contribution in [0.4, 0.5) is 11.4 Å². The first-order valence-corrected chi connectivity index (χ1v) is 11.1. The van der Waals surface area contributed by atoms with E-state index in [0.29, 0.717) is 6.54 Å². The number of nitrogens with one attached hydrogen (secondary N) is 3. The lowest BCUT2D eigenvalue weighted by Crippen LogP contribution is -2.29. The Morgan fingerprint density at radius 2 is 1.41 bits per heavy atom. The first-order valence-electron chi connectivity index (χ1n) is 11.1. The number of rotatable bonds is 13. The highest BCUT2D eigenvalue weighted by atomic mass is 16.5. The second-order valence-corrected chi connectivity index (χ2v) is 7.61. The zero-order chi connectivity index (χ0) is 22.4. The molecular formula is C26H32N4O2. The lowest BCUT2D eigenvalue weighted by atomic mass is 10.1. The largest absolute Gasteiger partial charge is 0.457 e. The van der Waals surface area contributed by atoms with Gasteiger partial charge in [0.25, 0.3) is 0 Å². The molecule has 5 N–H and O–H groups in total. The summed E-state index contributed by atoms with van der Waals surface area (Å²) in [5.41, 5.74) is 8.54. The molecule has 3 aromatic rings. The Labute approximate surface area is 190 Å². The minimum absolute atomic E-state index is 0.0525. The summed E-state index contributed by atoms with van der Waals surface area (Å²) in [5.74, 6) is 1.46. The van der Waals surface area contributed by atoms with Gasteiger partial charge in [-0.3, -0.25) is 4.79 Å². The molecule has 0 spiro atoms. The molecule has 6 nitrogen and oxygen atoms in total. The molecule has 0 bridgehead atoms. The van der Waals surface area contributed by atoms with Gasteiger partial charge in [0.2, 0.25) is 5.91 Å². The van der Waals surface area contributed by atoms with Gasteiger partial charge in [-0.05, 0) is 93.0 Å². The number of nitrogen functional groups attached to an aromatic ring is 1.